The van der Waals surface area contributed by atoms with Crippen molar-refractivity contribution in [1.82, 2.24) is 19.5 Å². The molecule has 0 radical (unpaired) electrons. The van der Waals surface area contributed by atoms with Gasteiger partial charge in [-0.1, -0.05) is 18.2 Å². The van der Waals surface area contributed by atoms with E-state index in [2.05, 4.69) is 10.1 Å². The second-order valence-corrected chi connectivity index (χ2v) is 7.24. The lowest BCUT2D eigenvalue weighted by Crippen LogP contribution is -2.30. The molecule has 1 atom stereocenters. The van der Waals surface area contributed by atoms with Crippen molar-refractivity contribution in [2.75, 3.05) is 14.2 Å². The van der Waals surface area contributed by atoms with Gasteiger partial charge in [-0.25, -0.2) is 9.50 Å². The summed E-state index contributed by atoms with van der Waals surface area (Å²) in [7, 11) is 3.50. The first-order valence-corrected chi connectivity index (χ1v) is 9.54. The van der Waals surface area contributed by atoms with E-state index in [4.69, 9.17) is 4.74 Å². The normalized spacial score (nSPS) is 12.2. The van der Waals surface area contributed by atoms with Crippen molar-refractivity contribution in [2.24, 2.45) is 0 Å². The molecule has 28 heavy (non-hydrogen) atoms. The van der Waals surface area contributed by atoms with Crippen LogP contribution < -0.4 is 4.74 Å². The van der Waals surface area contributed by atoms with E-state index < -0.39 is 0 Å². The Morgan fingerprint density at radius 1 is 1.25 bits per heavy atom. The van der Waals surface area contributed by atoms with Crippen LogP contribution in [0, 0.1) is 20.8 Å². The minimum absolute atomic E-state index is 0.0692. The summed E-state index contributed by atoms with van der Waals surface area (Å²) in [4.78, 5) is 19.3. The lowest BCUT2D eigenvalue weighted by atomic mass is 10.0. The molecular formula is C22H28N4O2. The number of nitrogens with zero attached hydrogens (tertiary/aromatic N) is 4. The summed E-state index contributed by atoms with van der Waals surface area (Å²) in [6.45, 7) is 8.01. The molecule has 0 N–H and O–H groups in total. The van der Waals surface area contributed by atoms with E-state index in [-0.39, 0.29) is 11.9 Å². The van der Waals surface area contributed by atoms with Crippen LogP contribution >= 0.6 is 0 Å². The fourth-order valence-corrected chi connectivity index (χ4v) is 3.65. The highest BCUT2D eigenvalue weighted by Gasteiger charge is 2.21. The fourth-order valence-electron chi connectivity index (χ4n) is 3.65. The molecule has 2 heterocycles. The van der Waals surface area contributed by atoms with Gasteiger partial charge in [-0.3, -0.25) is 4.79 Å². The van der Waals surface area contributed by atoms with Gasteiger partial charge >= 0.3 is 0 Å². The molecule has 0 saturated heterocycles. The monoisotopic (exact) mass is 380 g/mol. The van der Waals surface area contributed by atoms with Crippen molar-refractivity contribution >= 4 is 11.6 Å². The molecule has 0 aliphatic heterocycles. The van der Waals surface area contributed by atoms with Crippen LogP contribution in [0.3, 0.4) is 0 Å². The number of ether oxygens (including phenoxy) is 1. The predicted molar refractivity (Wildman–Crippen MR) is 110 cm³/mol. The third-order valence-electron chi connectivity index (χ3n) is 5.44. The number of carbonyl (C=O) groups is 1. The zero-order chi connectivity index (χ0) is 20.4. The Bertz CT molecular complexity index is 1010. The van der Waals surface area contributed by atoms with E-state index >= 15 is 0 Å². The standard InChI is InChI=1S/C22H28N4O2/c1-14-13-21-23-15(2)18(17(4)26(21)24-14)11-12-22(27)25(5)16(3)19-9-7-8-10-20(19)28-6/h7-10,13,16H,11-12H2,1-6H3. The predicted octanol–water partition coefficient (Wildman–Crippen LogP) is 3.82. The number of methoxy groups -OCH3 is 1. The molecule has 1 aromatic carbocycles. The van der Waals surface area contributed by atoms with Crippen molar-refractivity contribution in [3.05, 3.63) is 58.5 Å². The van der Waals surface area contributed by atoms with Gasteiger partial charge < -0.3 is 9.64 Å². The maximum absolute atomic E-state index is 12.9. The van der Waals surface area contributed by atoms with Crippen molar-refractivity contribution in [2.45, 2.75) is 46.6 Å². The molecule has 6 heteroatoms. The van der Waals surface area contributed by atoms with Gasteiger partial charge in [-0.15, -0.1) is 0 Å². The maximum atomic E-state index is 12.9. The van der Waals surface area contributed by atoms with Crippen molar-refractivity contribution in [3.63, 3.8) is 0 Å². The summed E-state index contributed by atoms with van der Waals surface area (Å²) in [6, 6.07) is 9.72. The molecule has 2 aromatic heterocycles. The summed E-state index contributed by atoms with van der Waals surface area (Å²) in [5.41, 5.74) is 5.88. The highest BCUT2D eigenvalue weighted by Crippen LogP contribution is 2.28. The number of para-hydroxylation sites is 1. The summed E-state index contributed by atoms with van der Waals surface area (Å²) in [5, 5.41) is 4.51. The van der Waals surface area contributed by atoms with Crippen LogP contribution in [0.4, 0.5) is 0 Å². The Morgan fingerprint density at radius 3 is 2.68 bits per heavy atom. The van der Waals surface area contributed by atoms with Crippen LogP contribution in [-0.4, -0.2) is 39.6 Å². The molecule has 0 aliphatic rings. The summed E-state index contributed by atoms with van der Waals surface area (Å²) in [5.74, 6) is 0.888. The second kappa shape index (κ2) is 8.00. The van der Waals surface area contributed by atoms with Gasteiger partial charge in [0.1, 0.15) is 5.75 Å². The molecule has 0 saturated carbocycles. The molecule has 1 amide bonds. The number of carbonyl (C=O) groups excluding carboxylic acids is 1. The topological polar surface area (TPSA) is 59.7 Å². The Balaban J connectivity index is 1.75. The Kier molecular flexibility index (Phi) is 5.68. The highest BCUT2D eigenvalue weighted by atomic mass is 16.5. The first kappa shape index (κ1) is 19.9. The van der Waals surface area contributed by atoms with Gasteiger partial charge in [0.2, 0.25) is 5.91 Å². The van der Waals surface area contributed by atoms with E-state index in [1.807, 2.05) is 69.6 Å². The SMILES string of the molecule is COc1ccccc1C(C)N(C)C(=O)CCc1c(C)nc2cc(C)nn2c1C. The molecule has 148 valence electrons. The van der Waals surface area contributed by atoms with Gasteiger partial charge in [0.05, 0.1) is 18.8 Å². The van der Waals surface area contributed by atoms with Gasteiger partial charge in [0.25, 0.3) is 0 Å². The largest absolute Gasteiger partial charge is 0.496 e. The number of benzene rings is 1. The average Bonchev–Trinajstić information content (AvgIpc) is 3.06. The Labute approximate surface area is 166 Å². The number of rotatable bonds is 6. The van der Waals surface area contributed by atoms with E-state index in [0.717, 1.165) is 39.6 Å². The Hall–Kier alpha value is -2.89. The third kappa shape index (κ3) is 3.72. The van der Waals surface area contributed by atoms with E-state index in [1.165, 1.54) is 0 Å². The molecule has 0 spiro atoms. The molecule has 3 rings (SSSR count). The molecule has 0 fully saturated rings. The van der Waals surface area contributed by atoms with E-state index in [9.17, 15) is 4.79 Å². The zero-order valence-electron chi connectivity index (χ0n) is 17.5. The smallest absolute Gasteiger partial charge is 0.223 e. The van der Waals surface area contributed by atoms with Crippen molar-refractivity contribution < 1.29 is 9.53 Å². The molecule has 1 unspecified atom stereocenters. The van der Waals surface area contributed by atoms with Gasteiger partial charge in [-0.05, 0) is 45.7 Å². The molecule has 0 aliphatic carbocycles. The fraction of sp³-hybridized carbons (Fsp3) is 0.409. The van der Waals surface area contributed by atoms with E-state index in [1.54, 1.807) is 12.0 Å². The number of amides is 1. The quantitative estimate of drug-likeness (QED) is 0.652. The number of fused-ring (bicyclic) bond motifs is 1. The van der Waals surface area contributed by atoms with E-state index in [0.29, 0.717) is 12.8 Å². The van der Waals surface area contributed by atoms with Crippen molar-refractivity contribution in [3.8, 4) is 5.75 Å². The van der Waals surface area contributed by atoms with Crippen LogP contribution in [0.1, 0.15) is 47.6 Å². The average molecular weight is 380 g/mol. The van der Waals surface area contributed by atoms with Gasteiger partial charge in [0, 0.05) is 36.5 Å². The van der Waals surface area contributed by atoms with Gasteiger partial charge in [-0.2, -0.15) is 5.10 Å². The minimum Gasteiger partial charge on any atom is -0.496 e. The third-order valence-corrected chi connectivity index (χ3v) is 5.44. The summed E-state index contributed by atoms with van der Waals surface area (Å²) in [6.07, 6.45) is 1.06. The number of aromatic nitrogens is 3. The van der Waals surface area contributed by atoms with Crippen molar-refractivity contribution in [1.29, 1.82) is 0 Å². The Morgan fingerprint density at radius 2 is 1.96 bits per heavy atom. The van der Waals surface area contributed by atoms with Crippen LogP contribution in [0.25, 0.3) is 5.65 Å². The molecule has 0 bridgehead atoms. The summed E-state index contributed by atoms with van der Waals surface area (Å²) < 4.78 is 7.31. The molecular weight excluding hydrogens is 352 g/mol. The first-order chi connectivity index (χ1) is 13.3. The number of aryl methyl sites for hydroxylation is 3. The summed E-state index contributed by atoms with van der Waals surface area (Å²) >= 11 is 0. The lowest BCUT2D eigenvalue weighted by molar-refractivity contribution is -0.131. The number of hydrogen-bond acceptors (Lipinski definition) is 4. The molecule has 3 aromatic rings. The molecule has 6 nitrogen and oxygen atoms in total. The lowest BCUT2D eigenvalue weighted by Gasteiger charge is -2.27. The zero-order valence-corrected chi connectivity index (χ0v) is 17.5. The maximum Gasteiger partial charge on any atom is 0.223 e. The highest BCUT2D eigenvalue weighted by molar-refractivity contribution is 5.77. The minimum atomic E-state index is -0.0692. The van der Waals surface area contributed by atoms with Crippen LogP contribution in [0.15, 0.2) is 30.3 Å². The first-order valence-electron chi connectivity index (χ1n) is 9.54. The number of hydrogen-bond donors (Lipinski definition) is 0. The van der Waals surface area contributed by atoms with Gasteiger partial charge in [0.15, 0.2) is 5.65 Å². The second-order valence-electron chi connectivity index (χ2n) is 7.24. The van der Waals surface area contributed by atoms with Crippen LogP contribution in [0.5, 0.6) is 5.75 Å². The van der Waals surface area contributed by atoms with Crippen LogP contribution in [0.2, 0.25) is 0 Å². The van der Waals surface area contributed by atoms with Crippen LogP contribution in [-0.2, 0) is 11.2 Å².